The van der Waals surface area contributed by atoms with Crippen LogP contribution in [0.5, 0.6) is 0 Å². The van der Waals surface area contributed by atoms with Crippen molar-refractivity contribution in [2.75, 3.05) is 0 Å². The van der Waals surface area contributed by atoms with E-state index in [4.69, 9.17) is 19.4 Å². The Morgan fingerprint density at radius 1 is 0.281 bits per heavy atom. The van der Waals surface area contributed by atoms with Crippen LogP contribution in [0.25, 0.3) is 111 Å². The van der Waals surface area contributed by atoms with Crippen molar-refractivity contribution in [2.45, 2.75) is 0 Å². The zero-order chi connectivity index (χ0) is 37.7. The van der Waals surface area contributed by atoms with Crippen LogP contribution in [0.15, 0.2) is 205 Å². The van der Waals surface area contributed by atoms with Gasteiger partial charge in [-0.2, -0.15) is 0 Å². The van der Waals surface area contributed by atoms with Gasteiger partial charge in [0.2, 0.25) is 0 Å². The third kappa shape index (κ3) is 5.92. The van der Waals surface area contributed by atoms with E-state index in [0.29, 0.717) is 17.5 Å². The van der Waals surface area contributed by atoms with Crippen molar-refractivity contribution in [3.05, 3.63) is 200 Å². The van der Waals surface area contributed by atoms with Gasteiger partial charge in [0, 0.05) is 27.5 Å². The van der Waals surface area contributed by atoms with Gasteiger partial charge in [-0.15, -0.1) is 0 Å². The van der Waals surface area contributed by atoms with Crippen LogP contribution >= 0.6 is 0 Å². The van der Waals surface area contributed by atoms with Crippen LogP contribution in [0.2, 0.25) is 0 Å². The Bertz CT molecular complexity index is 3280. The molecule has 0 spiro atoms. The van der Waals surface area contributed by atoms with Gasteiger partial charge in [-0.1, -0.05) is 158 Å². The number of fused-ring (bicyclic) bond motifs is 5. The highest BCUT2D eigenvalue weighted by Gasteiger charge is 2.19. The number of nitrogens with zero attached hydrogens (tertiary/aromatic N) is 3. The standard InChI is InChI=1S/C53H33N3O/c1-4-13-34(14-5-1)37-23-24-39-30-42(26-25-38(39)29-37)51-54-52(43-31-41-19-10-11-20-44(41)47(32-43)36-17-8-3-9-18-36)56-53(55-51)46-21-12-22-48-50(46)45-28-27-40(33-49(45)57-48)35-15-6-2-7-16-35/h1-33H. The van der Waals surface area contributed by atoms with Crippen molar-refractivity contribution >= 4 is 43.5 Å². The predicted octanol–water partition coefficient (Wildman–Crippen LogP) is 14.1. The van der Waals surface area contributed by atoms with Crippen molar-refractivity contribution < 1.29 is 4.42 Å². The number of hydrogen-bond acceptors (Lipinski definition) is 4. The van der Waals surface area contributed by atoms with Gasteiger partial charge in [0.25, 0.3) is 0 Å². The molecule has 2 heterocycles. The number of aromatic nitrogens is 3. The number of benzene rings is 9. The minimum atomic E-state index is 0.587. The Labute approximate surface area is 329 Å². The van der Waals surface area contributed by atoms with Gasteiger partial charge in [0.1, 0.15) is 11.2 Å². The first kappa shape index (κ1) is 32.7. The Kier molecular flexibility index (Phi) is 7.78. The van der Waals surface area contributed by atoms with Gasteiger partial charge < -0.3 is 4.42 Å². The predicted molar refractivity (Wildman–Crippen MR) is 235 cm³/mol. The van der Waals surface area contributed by atoms with Crippen molar-refractivity contribution in [3.63, 3.8) is 0 Å². The van der Waals surface area contributed by atoms with E-state index in [1.807, 2.05) is 24.3 Å². The van der Waals surface area contributed by atoms with Crippen molar-refractivity contribution in [1.82, 2.24) is 15.0 Å². The Balaban J connectivity index is 1.12. The second-order valence-electron chi connectivity index (χ2n) is 14.4. The van der Waals surface area contributed by atoms with Gasteiger partial charge in [-0.3, -0.25) is 0 Å². The van der Waals surface area contributed by atoms with Crippen LogP contribution in [-0.4, -0.2) is 15.0 Å². The van der Waals surface area contributed by atoms with Crippen LogP contribution in [0, 0.1) is 0 Å². The maximum Gasteiger partial charge on any atom is 0.164 e. The molecular formula is C53H33N3O. The molecule has 9 aromatic carbocycles. The lowest BCUT2D eigenvalue weighted by atomic mass is 9.95. The largest absolute Gasteiger partial charge is 0.456 e. The fourth-order valence-electron chi connectivity index (χ4n) is 8.07. The summed E-state index contributed by atoms with van der Waals surface area (Å²) in [6.45, 7) is 0. The minimum Gasteiger partial charge on any atom is -0.456 e. The molecule has 0 aliphatic rings. The molecule has 0 fully saturated rings. The highest BCUT2D eigenvalue weighted by atomic mass is 16.3. The summed E-state index contributed by atoms with van der Waals surface area (Å²) in [7, 11) is 0. The summed E-state index contributed by atoms with van der Waals surface area (Å²) in [4.78, 5) is 15.8. The van der Waals surface area contributed by atoms with E-state index in [-0.39, 0.29) is 0 Å². The molecule has 0 N–H and O–H groups in total. The summed E-state index contributed by atoms with van der Waals surface area (Å²) in [6.07, 6.45) is 0. The molecule has 11 aromatic rings. The Morgan fingerprint density at radius 2 is 0.842 bits per heavy atom. The molecule has 0 atom stereocenters. The summed E-state index contributed by atoms with van der Waals surface area (Å²) in [5.41, 5.74) is 11.2. The first-order chi connectivity index (χ1) is 28.2. The van der Waals surface area contributed by atoms with Gasteiger partial charge in [-0.25, -0.2) is 15.0 Å². The van der Waals surface area contributed by atoms with Gasteiger partial charge in [0.15, 0.2) is 17.5 Å². The topological polar surface area (TPSA) is 51.8 Å². The van der Waals surface area contributed by atoms with Crippen LogP contribution in [0.4, 0.5) is 0 Å². The van der Waals surface area contributed by atoms with Crippen molar-refractivity contribution in [3.8, 4) is 67.5 Å². The monoisotopic (exact) mass is 727 g/mol. The number of rotatable bonds is 6. The highest BCUT2D eigenvalue weighted by molar-refractivity contribution is 6.12. The van der Waals surface area contributed by atoms with Gasteiger partial charge in [-0.05, 0) is 97.4 Å². The summed E-state index contributed by atoms with van der Waals surface area (Å²) >= 11 is 0. The quantitative estimate of drug-likeness (QED) is 0.171. The van der Waals surface area contributed by atoms with E-state index in [1.165, 1.54) is 16.5 Å². The lowest BCUT2D eigenvalue weighted by Crippen LogP contribution is -2.01. The molecule has 0 radical (unpaired) electrons. The van der Waals surface area contributed by atoms with E-state index in [1.54, 1.807) is 0 Å². The smallest absolute Gasteiger partial charge is 0.164 e. The molecular weight excluding hydrogens is 695 g/mol. The van der Waals surface area contributed by atoms with Crippen molar-refractivity contribution in [2.24, 2.45) is 0 Å². The lowest BCUT2D eigenvalue weighted by molar-refractivity contribution is 0.669. The molecule has 0 aliphatic carbocycles. The molecule has 0 unspecified atom stereocenters. The molecule has 0 bridgehead atoms. The average molecular weight is 728 g/mol. The normalized spacial score (nSPS) is 11.5. The van der Waals surface area contributed by atoms with Gasteiger partial charge in [0.05, 0.1) is 0 Å². The van der Waals surface area contributed by atoms with Gasteiger partial charge >= 0.3 is 0 Å². The SMILES string of the molecule is c1ccc(-c2ccc3cc(-c4nc(-c5cc(-c6ccccc6)c6ccccc6c5)nc(-c5cccc6oc7cc(-c8ccccc8)ccc7c56)n4)ccc3c2)cc1. The molecule has 266 valence electrons. The zero-order valence-electron chi connectivity index (χ0n) is 30.8. The zero-order valence-corrected chi connectivity index (χ0v) is 30.8. The molecule has 0 saturated heterocycles. The third-order valence-corrected chi connectivity index (χ3v) is 10.9. The summed E-state index contributed by atoms with van der Waals surface area (Å²) < 4.78 is 6.54. The van der Waals surface area contributed by atoms with Crippen LogP contribution in [-0.2, 0) is 0 Å². The fourth-order valence-corrected chi connectivity index (χ4v) is 8.07. The number of furan rings is 1. The average Bonchev–Trinajstić information content (AvgIpc) is 3.67. The third-order valence-electron chi connectivity index (χ3n) is 10.9. The first-order valence-electron chi connectivity index (χ1n) is 19.2. The molecule has 0 saturated carbocycles. The molecule has 11 rings (SSSR count). The second kappa shape index (κ2) is 13.6. The lowest BCUT2D eigenvalue weighted by Gasteiger charge is -2.13. The number of hydrogen-bond donors (Lipinski definition) is 0. The molecule has 4 nitrogen and oxygen atoms in total. The molecule has 57 heavy (non-hydrogen) atoms. The van der Waals surface area contributed by atoms with Crippen LogP contribution in [0.3, 0.4) is 0 Å². The summed E-state index contributed by atoms with van der Waals surface area (Å²) in [6, 6.07) is 69.9. The molecule has 2 aromatic heterocycles. The fraction of sp³-hybridized carbons (Fsp3) is 0. The molecule has 0 amide bonds. The Morgan fingerprint density at radius 3 is 1.58 bits per heavy atom. The van der Waals surface area contributed by atoms with E-state index in [0.717, 1.165) is 77.0 Å². The highest BCUT2D eigenvalue weighted by Crippen LogP contribution is 2.39. The van der Waals surface area contributed by atoms with E-state index < -0.39 is 0 Å². The first-order valence-corrected chi connectivity index (χ1v) is 19.2. The van der Waals surface area contributed by atoms with Crippen LogP contribution in [0.1, 0.15) is 0 Å². The maximum absolute atomic E-state index is 6.54. The van der Waals surface area contributed by atoms with Crippen LogP contribution < -0.4 is 0 Å². The minimum absolute atomic E-state index is 0.587. The molecule has 0 aliphatic heterocycles. The summed E-state index contributed by atoms with van der Waals surface area (Å²) in [5, 5.41) is 6.56. The van der Waals surface area contributed by atoms with Crippen molar-refractivity contribution in [1.29, 1.82) is 0 Å². The molecule has 4 heteroatoms. The summed E-state index contributed by atoms with van der Waals surface area (Å²) in [5.74, 6) is 1.80. The van der Waals surface area contributed by atoms with E-state index >= 15 is 0 Å². The van der Waals surface area contributed by atoms with E-state index in [9.17, 15) is 0 Å². The Hall–Kier alpha value is -7.69. The maximum atomic E-state index is 6.54. The van der Waals surface area contributed by atoms with E-state index in [2.05, 4.69) is 176 Å². The second-order valence-corrected chi connectivity index (χ2v) is 14.4.